The SMILES string of the molecule is O=C([O-])CCN1C(=O)C(=Cc2ccncc2)SC1=S. The molecular formula is C12H9N2O3S2-. The lowest BCUT2D eigenvalue weighted by molar-refractivity contribution is -0.305. The van der Waals surface area contributed by atoms with Crippen LogP contribution in [0.1, 0.15) is 12.0 Å². The highest BCUT2D eigenvalue weighted by Crippen LogP contribution is 2.32. The number of thiocarbonyl (C=S) groups is 1. The first-order valence-electron chi connectivity index (χ1n) is 5.43. The molecule has 0 unspecified atom stereocenters. The highest BCUT2D eigenvalue weighted by atomic mass is 32.2. The molecule has 1 amide bonds. The molecule has 1 fully saturated rings. The van der Waals surface area contributed by atoms with E-state index in [9.17, 15) is 14.7 Å². The summed E-state index contributed by atoms with van der Waals surface area (Å²) < 4.78 is 0.367. The minimum atomic E-state index is -1.20. The third kappa shape index (κ3) is 3.39. The third-order valence-electron chi connectivity index (χ3n) is 2.42. The summed E-state index contributed by atoms with van der Waals surface area (Å²) in [4.78, 5) is 28.1. The third-order valence-corrected chi connectivity index (χ3v) is 3.79. The number of pyridine rings is 1. The molecule has 98 valence electrons. The van der Waals surface area contributed by atoms with Gasteiger partial charge in [0, 0.05) is 31.3 Å². The zero-order valence-corrected chi connectivity index (χ0v) is 11.4. The van der Waals surface area contributed by atoms with Crippen LogP contribution in [0.3, 0.4) is 0 Å². The number of carbonyl (C=O) groups is 2. The van der Waals surface area contributed by atoms with E-state index in [1.165, 1.54) is 4.90 Å². The van der Waals surface area contributed by atoms with Crippen molar-refractivity contribution in [1.82, 2.24) is 9.88 Å². The molecule has 1 aliphatic rings. The largest absolute Gasteiger partial charge is 0.550 e. The summed E-state index contributed by atoms with van der Waals surface area (Å²) in [6, 6.07) is 3.54. The van der Waals surface area contributed by atoms with Crippen LogP contribution in [0.25, 0.3) is 6.08 Å². The maximum atomic E-state index is 12.1. The minimum Gasteiger partial charge on any atom is -0.550 e. The van der Waals surface area contributed by atoms with E-state index in [4.69, 9.17) is 12.2 Å². The Balaban J connectivity index is 2.14. The molecule has 5 nitrogen and oxygen atoms in total. The molecule has 1 aromatic heterocycles. The number of hydrogen-bond acceptors (Lipinski definition) is 6. The summed E-state index contributed by atoms with van der Waals surface area (Å²) in [7, 11) is 0. The molecule has 0 spiro atoms. The number of hydrogen-bond donors (Lipinski definition) is 0. The molecule has 1 aliphatic heterocycles. The predicted octanol–water partition coefficient (Wildman–Crippen LogP) is 0.423. The van der Waals surface area contributed by atoms with Crippen molar-refractivity contribution in [2.75, 3.05) is 6.54 Å². The summed E-state index contributed by atoms with van der Waals surface area (Å²) >= 11 is 6.23. The molecule has 19 heavy (non-hydrogen) atoms. The van der Waals surface area contributed by atoms with Crippen molar-refractivity contribution in [3.8, 4) is 0 Å². The van der Waals surface area contributed by atoms with Gasteiger partial charge in [-0.1, -0.05) is 24.0 Å². The Morgan fingerprint density at radius 2 is 2.16 bits per heavy atom. The second-order valence-electron chi connectivity index (χ2n) is 3.74. The van der Waals surface area contributed by atoms with Gasteiger partial charge in [0.15, 0.2) is 0 Å². The first-order chi connectivity index (χ1) is 9.08. The molecule has 0 aliphatic carbocycles. The van der Waals surface area contributed by atoms with Crippen LogP contribution in [-0.2, 0) is 9.59 Å². The summed E-state index contributed by atoms with van der Waals surface area (Å²) in [5.74, 6) is -1.47. The van der Waals surface area contributed by atoms with Gasteiger partial charge in [0.2, 0.25) is 0 Å². The van der Waals surface area contributed by atoms with Gasteiger partial charge in [0.05, 0.1) is 4.91 Å². The summed E-state index contributed by atoms with van der Waals surface area (Å²) in [5, 5.41) is 10.4. The quantitative estimate of drug-likeness (QED) is 0.592. The second kappa shape index (κ2) is 5.94. The van der Waals surface area contributed by atoms with Gasteiger partial charge in [-0.15, -0.1) is 0 Å². The van der Waals surface area contributed by atoms with Crippen molar-refractivity contribution in [2.45, 2.75) is 6.42 Å². The Morgan fingerprint density at radius 1 is 1.47 bits per heavy atom. The number of aliphatic carboxylic acids is 1. The van der Waals surface area contributed by atoms with Gasteiger partial charge in [0.25, 0.3) is 5.91 Å². The van der Waals surface area contributed by atoms with E-state index in [-0.39, 0.29) is 18.9 Å². The summed E-state index contributed by atoms with van der Waals surface area (Å²) in [5.41, 5.74) is 0.843. The Labute approximate surface area is 119 Å². The minimum absolute atomic E-state index is 0.0423. The zero-order valence-electron chi connectivity index (χ0n) is 9.74. The van der Waals surface area contributed by atoms with Crippen molar-refractivity contribution < 1.29 is 14.7 Å². The van der Waals surface area contributed by atoms with E-state index in [2.05, 4.69) is 4.98 Å². The lowest BCUT2D eigenvalue weighted by Crippen LogP contribution is -2.33. The van der Waals surface area contributed by atoms with Crippen LogP contribution in [0, 0.1) is 0 Å². The topological polar surface area (TPSA) is 73.3 Å². The molecule has 0 saturated carbocycles. The Hall–Kier alpha value is -1.73. The standard InChI is InChI=1S/C12H10N2O3S2/c15-10(16)3-6-14-11(17)9(19-12(14)18)7-8-1-4-13-5-2-8/h1-2,4-5,7H,3,6H2,(H,15,16)/p-1. The Bertz CT molecular complexity index is 557. The van der Waals surface area contributed by atoms with E-state index in [1.54, 1.807) is 30.6 Å². The monoisotopic (exact) mass is 293 g/mol. The Kier molecular flexibility index (Phi) is 4.28. The van der Waals surface area contributed by atoms with Crippen LogP contribution in [-0.4, -0.2) is 32.6 Å². The smallest absolute Gasteiger partial charge is 0.266 e. The number of rotatable bonds is 4. The fourth-order valence-corrected chi connectivity index (χ4v) is 2.82. The molecule has 0 atom stereocenters. The highest BCUT2D eigenvalue weighted by molar-refractivity contribution is 8.26. The van der Waals surface area contributed by atoms with E-state index in [1.807, 2.05) is 0 Å². The molecule has 1 aromatic rings. The van der Waals surface area contributed by atoms with E-state index >= 15 is 0 Å². The van der Waals surface area contributed by atoms with Crippen LogP contribution in [0.15, 0.2) is 29.4 Å². The molecule has 1 saturated heterocycles. The van der Waals surface area contributed by atoms with Crippen molar-refractivity contribution in [3.63, 3.8) is 0 Å². The van der Waals surface area contributed by atoms with E-state index in [0.717, 1.165) is 17.3 Å². The number of carboxylic acids is 1. The van der Waals surface area contributed by atoms with Gasteiger partial charge in [-0.3, -0.25) is 14.7 Å². The number of carbonyl (C=O) groups excluding carboxylic acids is 2. The van der Waals surface area contributed by atoms with Crippen LogP contribution in [0.4, 0.5) is 0 Å². The van der Waals surface area contributed by atoms with Gasteiger partial charge in [-0.25, -0.2) is 0 Å². The summed E-state index contributed by atoms with van der Waals surface area (Å²) in [6.07, 6.45) is 4.74. The van der Waals surface area contributed by atoms with Crippen LogP contribution < -0.4 is 5.11 Å². The number of thioether (sulfide) groups is 1. The second-order valence-corrected chi connectivity index (χ2v) is 5.41. The molecule has 0 bridgehead atoms. The molecule has 0 N–H and O–H groups in total. The predicted molar refractivity (Wildman–Crippen MR) is 73.7 cm³/mol. The van der Waals surface area contributed by atoms with Crippen molar-refractivity contribution in [3.05, 3.63) is 35.0 Å². The number of nitrogens with zero attached hydrogens (tertiary/aromatic N) is 2. The van der Waals surface area contributed by atoms with E-state index in [0.29, 0.717) is 9.23 Å². The molecule has 0 aromatic carbocycles. The Morgan fingerprint density at radius 3 is 2.79 bits per heavy atom. The van der Waals surface area contributed by atoms with E-state index < -0.39 is 5.97 Å². The first-order valence-corrected chi connectivity index (χ1v) is 6.65. The van der Waals surface area contributed by atoms with Gasteiger partial charge in [0.1, 0.15) is 4.32 Å². The normalized spacial score (nSPS) is 17.3. The van der Waals surface area contributed by atoms with Crippen molar-refractivity contribution >= 4 is 46.3 Å². The van der Waals surface area contributed by atoms with Crippen LogP contribution in [0.5, 0.6) is 0 Å². The average Bonchev–Trinajstić information content (AvgIpc) is 2.63. The van der Waals surface area contributed by atoms with Crippen molar-refractivity contribution in [2.24, 2.45) is 0 Å². The number of carboxylic acid groups (broad SMARTS) is 1. The van der Waals surface area contributed by atoms with Crippen LogP contribution >= 0.6 is 24.0 Å². The fourth-order valence-electron chi connectivity index (χ4n) is 1.51. The van der Waals surface area contributed by atoms with Gasteiger partial charge >= 0.3 is 0 Å². The molecule has 0 radical (unpaired) electrons. The van der Waals surface area contributed by atoms with Gasteiger partial charge < -0.3 is 9.90 Å². The lowest BCUT2D eigenvalue weighted by Gasteiger charge is -2.14. The van der Waals surface area contributed by atoms with Gasteiger partial charge in [-0.2, -0.15) is 0 Å². The zero-order chi connectivity index (χ0) is 13.8. The molecule has 7 heteroatoms. The molecular weight excluding hydrogens is 284 g/mol. The maximum absolute atomic E-state index is 12.1. The fraction of sp³-hybridized carbons (Fsp3) is 0.167. The maximum Gasteiger partial charge on any atom is 0.266 e. The average molecular weight is 293 g/mol. The lowest BCUT2D eigenvalue weighted by atomic mass is 10.2. The number of aromatic nitrogens is 1. The number of amides is 1. The van der Waals surface area contributed by atoms with Crippen molar-refractivity contribution in [1.29, 1.82) is 0 Å². The van der Waals surface area contributed by atoms with Crippen LogP contribution in [0.2, 0.25) is 0 Å². The highest BCUT2D eigenvalue weighted by Gasteiger charge is 2.31. The molecule has 2 rings (SSSR count). The first kappa shape index (κ1) is 13.7. The molecule has 2 heterocycles. The summed E-state index contributed by atoms with van der Waals surface area (Å²) in [6.45, 7) is 0.0423. The van der Waals surface area contributed by atoms with Gasteiger partial charge in [-0.05, 0) is 23.8 Å².